The van der Waals surface area contributed by atoms with Gasteiger partial charge in [-0.2, -0.15) is 11.8 Å². The molecule has 0 saturated heterocycles. The van der Waals surface area contributed by atoms with Crippen molar-refractivity contribution in [3.8, 4) is 0 Å². The molecule has 0 spiro atoms. The van der Waals surface area contributed by atoms with Crippen LogP contribution in [0.5, 0.6) is 0 Å². The molecule has 1 aromatic rings. The number of rotatable bonds is 7. The zero-order valence-electron chi connectivity index (χ0n) is 12.0. The van der Waals surface area contributed by atoms with Gasteiger partial charge >= 0.3 is 0 Å². The molecule has 8 heteroatoms. The average molecular weight is 310 g/mol. The number of carbonyl (C=O) groups is 1. The Hall–Kier alpha value is -1.83. The van der Waals surface area contributed by atoms with Crippen LogP contribution in [0.1, 0.15) is 30.1 Å². The van der Waals surface area contributed by atoms with Crippen molar-refractivity contribution in [1.29, 1.82) is 0 Å². The van der Waals surface area contributed by atoms with E-state index in [2.05, 4.69) is 15.6 Å². The fourth-order valence-electron chi connectivity index (χ4n) is 1.96. The molecule has 114 valence electrons. The molecule has 21 heavy (non-hydrogen) atoms. The summed E-state index contributed by atoms with van der Waals surface area (Å²) in [5, 5.41) is 16.6. The number of hydrogen-bond acceptors (Lipinski definition) is 6. The van der Waals surface area contributed by atoms with Gasteiger partial charge in [0.25, 0.3) is 11.6 Å². The van der Waals surface area contributed by atoms with E-state index in [1.165, 1.54) is 6.07 Å². The van der Waals surface area contributed by atoms with Gasteiger partial charge in [-0.15, -0.1) is 0 Å². The van der Waals surface area contributed by atoms with Gasteiger partial charge < -0.3 is 10.6 Å². The van der Waals surface area contributed by atoms with E-state index in [0.717, 1.165) is 19.0 Å². The van der Waals surface area contributed by atoms with E-state index in [9.17, 15) is 14.9 Å². The summed E-state index contributed by atoms with van der Waals surface area (Å²) in [6.45, 7) is 3.03. The lowest BCUT2D eigenvalue weighted by molar-refractivity contribution is -0.385. The molecule has 0 atom stereocenters. The Balaban J connectivity index is 2.16. The van der Waals surface area contributed by atoms with Gasteiger partial charge in [0, 0.05) is 23.9 Å². The van der Waals surface area contributed by atoms with E-state index in [1.807, 2.05) is 13.2 Å². The highest BCUT2D eigenvalue weighted by atomic mass is 32.2. The molecule has 2 rings (SSSR count). The summed E-state index contributed by atoms with van der Waals surface area (Å²) >= 11 is 1.74. The third kappa shape index (κ3) is 3.63. The maximum atomic E-state index is 12.3. The molecule has 0 unspecified atom stereocenters. The third-order valence-electron chi connectivity index (χ3n) is 3.48. The van der Waals surface area contributed by atoms with E-state index in [1.54, 1.807) is 11.8 Å². The monoisotopic (exact) mass is 310 g/mol. The van der Waals surface area contributed by atoms with E-state index in [4.69, 9.17) is 0 Å². The van der Waals surface area contributed by atoms with Gasteiger partial charge in [0.05, 0.1) is 10.5 Å². The fraction of sp³-hybridized carbons (Fsp3) is 0.538. The minimum atomic E-state index is -0.552. The molecule has 2 N–H and O–H groups in total. The van der Waals surface area contributed by atoms with Gasteiger partial charge in [-0.1, -0.05) is 0 Å². The number of thioether (sulfide) groups is 1. The number of aromatic nitrogens is 1. The number of carbonyl (C=O) groups excluding carboxylic acids is 1. The minimum absolute atomic E-state index is 0.141. The maximum absolute atomic E-state index is 12.3. The van der Waals surface area contributed by atoms with Gasteiger partial charge in [-0.05, 0) is 26.0 Å². The highest BCUT2D eigenvalue weighted by molar-refractivity contribution is 8.00. The fourth-order valence-corrected chi connectivity index (χ4v) is 2.69. The van der Waals surface area contributed by atoms with Gasteiger partial charge in [0.1, 0.15) is 12.0 Å². The number of pyridine rings is 1. The van der Waals surface area contributed by atoms with Crippen LogP contribution in [0.2, 0.25) is 0 Å². The molecule has 1 aromatic heterocycles. The van der Waals surface area contributed by atoms with Crippen LogP contribution in [-0.4, -0.2) is 39.9 Å². The minimum Gasteiger partial charge on any atom is -0.370 e. The topological polar surface area (TPSA) is 97.2 Å². The predicted molar refractivity (Wildman–Crippen MR) is 82.9 cm³/mol. The van der Waals surface area contributed by atoms with Crippen LogP contribution in [0.15, 0.2) is 12.3 Å². The van der Waals surface area contributed by atoms with E-state index < -0.39 is 4.92 Å². The Kier molecular flexibility index (Phi) is 4.66. The van der Waals surface area contributed by atoms with Crippen LogP contribution in [0.25, 0.3) is 0 Å². The normalized spacial score (nSPS) is 15.3. The van der Waals surface area contributed by atoms with E-state index >= 15 is 0 Å². The number of nitrogens with one attached hydrogen (secondary N) is 2. The van der Waals surface area contributed by atoms with Crippen molar-refractivity contribution >= 4 is 29.2 Å². The summed E-state index contributed by atoms with van der Waals surface area (Å²) in [5.41, 5.74) is 0.0238. The van der Waals surface area contributed by atoms with Crippen molar-refractivity contribution < 1.29 is 9.72 Å². The second-order valence-corrected chi connectivity index (χ2v) is 6.22. The lowest BCUT2D eigenvalue weighted by Gasteiger charge is -2.14. The van der Waals surface area contributed by atoms with Crippen molar-refractivity contribution in [2.75, 3.05) is 24.7 Å². The van der Waals surface area contributed by atoms with Gasteiger partial charge in [-0.25, -0.2) is 4.98 Å². The Labute approximate surface area is 127 Å². The van der Waals surface area contributed by atoms with Crippen LogP contribution in [0, 0.1) is 10.1 Å². The van der Waals surface area contributed by atoms with Crippen molar-refractivity contribution in [2.45, 2.75) is 24.5 Å². The average Bonchev–Trinajstić information content (AvgIpc) is 3.26. The molecule has 1 saturated carbocycles. The van der Waals surface area contributed by atoms with Gasteiger partial charge in [-0.3, -0.25) is 14.9 Å². The number of nitro groups is 1. The molecule has 1 amide bonds. The number of amides is 1. The molecular weight excluding hydrogens is 292 g/mol. The standard InChI is InChI=1S/C13H18N4O3S/c1-3-14-11-10(6-9(7-15-11)17(19)20)12(18)16-8-13(21-2)4-5-13/h6-7H,3-5,8H2,1-2H3,(H,14,15)(H,16,18). The highest BCUT2D eigenvalue weighted by Crippen LogP contribution is 2.46. The molecular formula is C13H18N4O3S. The predicted octanol–water partition coefficient (Wildman–Crippen LogP) is 2.05. The lowest BCUT2D eigenvalue weighted by atomic mass is 10.2. The Morgan fingerprint density at radius 3 is 2.81 bits per heavy atom. The summed E-state index contributed by atoms with van der Waals surface area (Å²) in [6, 6.07) is 1.26. The van der Waals surface area contributed by atoms with Crippen molar-refractivity contribution in [3.63, 3.8) is 0 Å². The molecule has 0 radical (unpaired) electrons. The first kappa shape index (κ1) is 15.6. The molecule has 0 aliphatic heterocycles. The van der Waals surface area contributed by atoms with Crippen molar-refractivity contribution in [3.05, 3.63) is 27.9 Å². The number of anilines is 1. The summed E-state index contributed by atoms with van der Waals surface area (Å²) in [5.74, 6) is 0.0390. The largest absolute Gasteiger partial charge is 0.370 e. The van der Waals surface area contributed by atoms with Crippen LogP contribution in [-0.2, 0) is 0 Å². The Morgan fingerprint density at radius 2 is 2.29 bits per heavy atom. The summed E-state index contributed by atoms with van der Waals surface area (Å²) in [4.78, 5) is 26.5. The SMILES string of the molecule is CCNc1ncc([N+](=O)[O-])cc1C(=O)NCC1(SC)CC1. The molecule has 1 aliphatic rings. The first-order valence-corrected chi connectivity index (χ1v) is 7.95. The maximum Gasteiger partial charge on any atom is 0.288 e. The molecule has 0 bridgehead atoms. The lowest BCUT2D eigenvalue weighted by Crippen LogP contribution is -2.32. The van der Waals surface area contributed by atoms with Crippen LogP contribution in [0.3, 0.4) is 0 Å². The smallest absolute Gasteiger partial charge is 0.288 e. The van der Waals surface area contributed by atoms with E-state index in [0.29, 0.717) is 18.9 Å². The second-order valence-electron chi connectivity index (χ2n) is 4.95. The quantitative estimate of drug-likeness (QED) is 0.591. The Bertz CT molecular complexity index is 560. The zero-order chi connectivity index (χ0) is 15.5. The molecule has 0 aromatic carbocycles. The van der Waals surface area contributed by atoms with E-state index in [-0.39, 0.29) is 21.9 Å². The van der Waals surface area contributed by atoms with Gasteiger partial charge in [0.15, 0.2) is 0 Å². The second kappa shape index (κ2) is 6.30. The van der Waals surface area contributed by atoms with Gasteiger partial charge in [0.2, 0.25) is 0 Å². The highest BCUT2D eigenvalue weighted by Gasteiger charge is 2.42. The molecule has 7 nitrogen and oxygen atoms in total. The zero-order valence-corrected chi connectivity index (χ0v) is 12.8. The summed E-state index contributed by atoms with van der Waals surface area (Å²) in [6.07, 6.45) is 5.35. The Morgan fingerprint density at radius 1 is 1.57 bits per heavy atom. The molecule has 1 fully saturated rings. The summed E-state index contributed by atoms with van der Waals surface area (Å²) < 4.78 is 0.141. The molecule has 1 aliphatic carbocycles. The van der Waals surface area contributed by atoms with Crippen molar-refractivity contribution in [2.24, 2.45) is 0 Å². The number of hydrogen-bond donors (Lipinski definition) is 2. The van der Waals surface area contributed by atoms with Crippen LogP contribution < -0.4 is 10.6 Å². The first-order chi connectivity index (χ1) is 10.0. The molecule has 1 heterocycles. The number of nitrogens with zero attached hydrogens (tertiary/aromatic N) is 2. The first-order valence-electron chi connectivity index (χ1n) is 6.73. The third-order valence-corrected chi connectivity index (χ3v) is 4.90. The van der Waals surface area contributed by atoms with Crippen molar-refractivity contribution in [1.82, 2.24) is 10.3 Å². The summed E-state index contributed by atoms with van der Waals surface area (Å²) in [7, 11) is 0. The van der Waals surface area contributed by atoms with Crippen LogP contribution in [0.4, 0.5) is 11.5 Å². The van der Waals surface area contributed by atoms with Crippen LogP contribution >= 0.6 is 11.8 Å².